The lowest BCUT2D eigenvalue weighted by molar-refractivity contribution is 0.174. The summed E-state index contributed by atoms with van der Waals surface area (Å²) in [7, 11) is 0. The Morgan fingerprint density at radius 1 is 0.963 bits per heavy atom. The maximum atomic E-state index is 10.2. The smallest absolute Gasteiger partial charge is 0.134 e. The van der Waals surface area contributed by atoms with Gasteiger partial charge in [-0.05, 0) is 56.9 Å². The molecule has 0 aliphatic carbocycles. The van der Waals surface area contributed by atoms with Crippen LogP contribution in [-0.2, 0) is 13.2 Å². The lowest BCUT2D eigenvalue weighted by Crippen LogP contribution is -2.21. The van der Waals surface area contributed by atoms with Crippen molar-refractivity contribution in [2.45, 2.75) is 19.3 Å². The van der Waals surface area contributed by atoms with Crippen LogP contribution in [0.2, 0.25) is 5.02 Å². The van der Waals surface area contributed by atoms with Crippen LogP contribution in [0.5, 0.6) is 5.75 Å². The number of aliphatic hydroxyl groups is 1. The predicted octanol–water partition coefficient (Wildman–Crippen LogP) is 5.50. The molecule has 0 aliphatic rings. The fraction of sp³-hybridized carbons (Fsp3) is 0.182. The van der Waals surface area contributed by atoms with Gasteiger partial charge in [-0.1, -0.05) is 60.1 Å². The number of ether oxygens (including phenoxy) is 1. The Hall–Kier alpha value is -1.85. The number of hydrogen-bond acceptors (Lipinski definition) is 3. The van der Waals surface area contributed by atoms with Crippen molar-refractivity contribution in [2.24, 2.45) is 0 Å². The van der Waals surface area contributed by atoms with Gasteiger partial charge in [0.1, 0.15) is 12.4 Å². The van der Waals surface area contributed by atoms with Gasteiger partial charge in [0, 0.05) is 18.1 Å². The van der Waals surface area contributed by atoms with E-state index in [0.29, 0.717) is 24.7 Å². The Kier molecular flexibility index (Phi) is 7.30. The second-order valence-electron chi connectivity index (χ2n) is 6.24. The maximum Gasteiger partial charge on any atom is 0.134 e. The standard InChI is InChI=1S/C22H21BrClNO2/c23-20-12-17(13-25-14-21(26)18-4-2-1-3-5-18)8-11-22(20)27-15-16-6-9-19(24)10-7-16/h1-12,21,25-26H,13-15H2/t21-/m1/s1. The van der Waals surface area contributed by atoms with Crippen molar-refractivity contribution in [3.63, 3.8) is 0 Å². The van der Waals surface area contributed by atoms with Gasteiger partial charge >= 0.3 is 0 Å². The van der Waals surface area contributed by atoms with E-state index in [4.69, 9.17) is 16.3 Å². The first-order valence-electron chi connectivity index (χ1n) is 8.71. The summed E-state index contributed by atoms with van der Waals surface area (Å²) in [4.78, 5) is 0. The highest BCUT2D eigenvalue weighted by molar-refractivity contribution is 9.10. The molecule has 0 heterocycles. The van der Waals surface area contributed by atoms with Gasteiger partial charge in [-0.15, -0.1) is 0 Å². The summed E-state index contributed by atoms with van der Waals surface area (Å²) in [5.41, 5.74) is 3.09. The minimum atomic E-state index is -0.517. The van der Waals surface area contributed by atoms with Crippen molar-refractivity contribution in [3.05, 3.63) is 99.0 Å². The number of aliphatic hydroxyl groups excluding tert-OH is 1. The maximum absolute atomic E-state index is 10.2. The largest absolute Gasteiger partial charge is 0.488 e. The zero-order chi connectivity index (χ0) is 19.1. The molecule has 3 rings (SSSR count). The second kappa shape index (κ2) is 9.90. The minimum Gasteiger partial charge on any atom is -0.488 e. The van der Waals surface area contributed by atoms with Crippen LogP contribution in [-0.4, -0.2) is 11.7 Å². The Labute approximate surface area is 173 Å². The van der Waals surface area contributed by atoms with Crippen LogP contribution in [0.1, 0.15) is 22.8 Å². The first-order valence-corrected chi connectivity index (χ1v) is 9.88. The fourth-order valence-corrected chi connectivity index (χ4v) is 3.33. The summed E-state index contributed by atoms with van der Waals surface area (Å²) in [5.74, 6) is 0.790. The van der Waals surface area contributed by atoms with E-state index in [1.165, 1.54) is 0 Å². The summed E-state index contributed by atoms with van der Waals surface area (Å²) in [6.45, 7) is 1.65. The highest BCUT2D eigenvalue weighted by Gasteiger charge is 2.07. The van der Waals surface area contributed by atoms with Crippen molar-refractivity contribution >= 4 is 27.5 Å². The van der Waals surface area contributed by atoms with E-state index < -0.39 is 6.10 Å². The van der Waals surface area contributed by atoms with Crippen LogP contribution in [0.15, 0.2) is 77.3 Å². The number of rotatable bonds is 8. The monoisotopic (exact) mass is 445 g/mol. The third-order valence-electron chi connectivity index (χ3n) is 4.16. The van der Waals surface area contributed by atoms with E-state index in [1.54, 1.807) is 0 Å². The molecule has 0 bridgehead atoms. The highest BCUT2D eigenvalue weighted by Crippen LogP contribution is 2.27. The Balaban J connectivity index is 1.49. The molecule has 140 valence electrons. The molecule has 3 nitrogen and oxygen atoms in total. The first-order chi connectivity index (χ1) is 13.1. The number of halogens is 2. The van der Waals surface area contributed by atoms with Crippen molar-refractivity contribution < 1.29 is 9.84 Å². The van der Waals surface area contributed by atoms with E-state index in [9.17, 15) is 5.11 Å². The molecule has 5 heteroatoms. The number of nitrogens with one attached hydrogen (secondary N) is 1. The summed E-state index contributed by atoms with van der Waals surface area (Å²) >= 11 is 9.46. The van der Waals surface area contributed by atoms with Crippen molar-refractivity contribution in [1.82, 2.24) is 5.32 Å². The molecule has 0 fully saturated rings. The fourth-order valence-electron chi connectivity index (χ4n) is 2.66. The van der Waals surface area contributed by atoms with Crippen LogP contribution in [0, 0.1) is 0 Å². The Morgan fingerprint density at radius 2 is 1.67 bits per heavy atom. The molecule has 2 N–H and O–H groups in total. The first kappa shape index (κ1) is 19.9. The van der Waals surface area contributed by atoms with Gasteiger partial charge in [0.25, 0.3) is 0 Å². The predicted molar refractivity (Wildman–Crippen MR) is 113 cm³/mol. The molecule has 0 aliphatic heterocycles. The number of benzene rings is 3. The summed E-state index contributed by atoms with van der Waals surface area (Å²) < 4.78 is 6.77. The SMILES string of the molecule is O[C@H](CNCc1ccc(OCc2ccc(Cl)cc2)c(Br)c1)c1ccccc1. The van der Waals surface area contributed by atoms with Gasteiger partial charge in [0.2, 0.25) is 0 Å². The lowest BCUT2D eigenvalue weighted by Gasteiger charge is -2.13. The zero-order valence-electron chi connectivity index (χ0n) is 14.7. The van der Waals surface area contributed by atoms with E-state index in [1.807, 2.05) is 72.8 Å². The molecular formula is C22H21BrClNO2. The van der Waals surface area contributed by atoms with E-state index in [2.05, 4.69) is 21.2 Å². The summed E-state index contributed by atoms with van der Waals surface area (Å²) in [6.07, 6.45) is -0.517. The van der Waals surface area contributed by atoms with Gasteiger partial charge < -0.3 is 15.2 Å². The molecule has 3 aromatic rings. The van der Waals surface area contributed by atoms with Gasteiger partial charge in [0.15, 0.2) is 0 Å². The highest BCUT2D eigenvalue weighted by atomic mass is 79.9. The normalized spacial score (nSPS) is 12.0. The minimum absolute atomic E-state index is 0.483. The third-order valence-corrected chi connectivity index (χ3v) is 5.03. The second-order valence-corrected chi connectivity index (χ2v) is 7.53. The van der Waals surface area contributed by atoms with Crippen molar-refractivity contribution in [1.29, 1.82) is 0 Å². The molecule has 0 radical (unpaired) electrons. The van der Waals surface area contributed by atoms with Gasteiger partial charge in [-0.3, -0.25) is 0 Å². The average molecular weight is 447 g/mol. The van der Waals surface area contributed by atoms with Crippen LogP contribution in [0.4, 0.5) is 0 Å². The molecule has 0 saturated carbocycles. The van der Waals surface area contributed by atoms with Crippen LogP contribution < -0.4 is 10.1 Å². The van der Waals surface area contributed by atoms with E-state index >= 15 is 0 Å². The third kappa shape index (κ3) is 6.08. The Morgan fingerprint density at radius 3 is 2.37 bits per heavy atom. The molecule has 0 amide bonds. The molecule has 0 unspecified atom stereocenters. The van der Waals surface area contributed by atoms with Crippen molar-refractivity contribution in [3.8, 4) is 5.75 Å². The molecule has 0 saturated heterocycles. The van der Waals surface area contributed by atoms with Gasteiger partial charge in [-0.25, -0.2) is 0 Å². The molecule has 1 atom stereocenters. The van der Waals surface area contributed by atoms with Crippen LogP contribution >= 0.6 is 27.5 Å². The van der Waals surface area contributed by atoms with E-state index in [0.717, 1.165) is 26.9 Å². The molecule has 0 spiro atoms. The Bertz CT molecular complexity index is 856. The van der Waals surface area contributed by atoms with Crippen LogP contribution in [0.3, 0.4) is 0 Å². The molecule has 3 aromatic carbocycles. The molecular weight excluding hydrogens is 426 g/mol. The number of hydrogen-bond donors (Lipinski definition) is 2. The topological polar surface area (TPSA) is 41.5 Å². The molecule has 0 aromatic heterocycles. The van der Waals surface area contributed by atoms with Gasteiger partial charge in [0.05, 0.1) is 10.6 Å². The van der Waals surface area contributed by atoms with Crippen LogP contribution in [0.25, 0.3) is 0 Å². The van der Waals surface area contributed by atoms with Crippen molar-refractivity contribution in [2.75, 3.05) is 6.54 Å². The lowest BCUT2D eigenvalue weighted by atomic mass is 10.1. The zero-order valence-corrected chi connectivity index (χ0v) is 17.1. The molecule has 27 heavy (non-hydrogen) atoms. The quantitative estimate of drug-likeness (QED) is 0.480. The van der Waals surface area contributed by atoms with Gasteiger partial charge in [-0.2, -0.15) is 0 Å². The van der Waals surface area contributed by atoms with E-state index in [-0.39, 0.29) is 0 Å². The average Bonchev–Trinajstić information content (AvgIpc) is 2.69. The summed E-state index contributed by atoms with van der Waals surface area (Å²) in [6, 6.07) is 23.3. The summed E-state index contributed by atoms with van der Waals surface area (Å²) in [5, 5.41) is 14.2.